The molecule has 2 aliphatic heterocycles. The number of aliphatic hydroxyl groups is 2. The third-order valence-corrected chi connectivity index (χ3v) is 10.8. The molecule has 3 fully saturated rings. The molecule has 1 aromatic rings. The Hall–Kier alpha value is -2.43. The Balaban J connectivity index is 1.60. The lowest BCUT2D eigenvalue weighted by Gasteiger charge is -2.59. The fraction of sp³-hybridized carbons (Fsp3) is 0.613. The van der Waals surface area contributed by atoms with Crippen LogP contribution in [0, 0.1) is 35.5 Å². The maximum Gasteiger partial charge on any atom is 0.321 e. The van der Waals surface area contributed by atoms with Crippen LogP contribution in [0.3, 0.4) is 0 Å². The van der Waals surface area contributed by atoms with Gasteiger partial charge in [0.05, 0.1) is 22.2 Å². The Morgan fingerprint density at radius 1 is 1.20 bits per heavy atom. The number of rotatable bonds is 5. The third-order valence-electron chi connectivity index (χ3n) is 10.5. The quantitative estimate of drug-likeness (QED) is 0.301. The van der Waals surface area contributed by atoms with E-state index in [1.807, 2.05) is 26.8 Å². The molecular weight excluding hydrogens is 548 g/mol. The van der Waals surface area contributed by atoms with Crippen LogP contribution in [0.2, 0.25) is 5.02 Å². The van der Waals surface area contributed by atoms with Crippen LogP contribution >= 0.6 is 11.6 Å². The summed E-state index contributed by atoms with van der Waals surface area (Å²) in [5.41, 5.74) is -0.992. The van der Waals surface area contributed by atoms with Crippen LogP contribution in [0.1, 0.15) is 52.0 Å². The molecule has 0 amide bonds. The van der Waals surface area contributed by atoms with Gasteiger partial charge in [0.1, 0.15) is 17.7 Å². The molecule has 1 saturated heterocycles. The molecule has 222 valence electrons. The summed E-state index contributed by atoms with van der Waals surface area (Å²) in [5, 5.41) is 41.2. The number of carboxylic acid groups (broad SMARTS) is 1. The lowest BCUT2D eigenvalue weighted by molar-refractivity contribution is -0.224. The van der Waals surface area contributed by atoms with Crippen molar-refractivity contribution in [3.63, 3.8) is 0 Å². The van der Waals surface area contributed by atoms with Crippen LogP contribution in [-0.2, 0) is 24.8 Å². The Labute approximate surface area is 245 Å². The summed E-state index contributed by atoms with van der Waals surface area (Å²) in [7, 11) is 1.65. The molecule has 2 heterocycles. The second kappa shape index (κ2) is 9.81. The number of hydrogen-bond donors (Lipinski definition) is 4. The van der Waals surface area contributed by atoms with Crippen molar-refractivity contribution in [2.24, 2.45) is 35.5 Å². The van der Waals surface area contributed by atoms with E-state index in [0.29, 0.717) is 22.7 Å². The number of aliphatic carboxylic acids is 1. The highest BCUT2D eigenvalue weighted by atomic mass is 35.5. The number of carboxylic acids is 1. The SMILES string of the molecule is C=C(C)[C@@H]1CC[C@@H](C)[C@]2(O)[C@@H]([C@H]3[C@@H](C(=O)O)N[C@@H]4ON(C)c5c(Cl)cccc5[C@]34O)C(OC(=O)C3CC3)C(C)=C[C@@H]12. The summed E-state index contributed by atoms with van der Waals surface area (Å²) in [6.45, 7) is 9.99. The van der Waals surface area contributed by atoms with Crippen LogP contribution < -0.4 is 10.4 Å². The molecule has 10 heteroatoms. The van der Waals surface area contributed by atoms with Gasteiger partial charge in [0, 0.05) is 30.4 Å². The van der Waals surface area contributed by atoms with E-state index in [4.69, 9.17) is 21.2 Å². The standard InChI is InChI=1S/C31H39ClN2O7/c1-14(2)18-12-9-16(4)30(38)20(18)13-15(3)26(40-28(37)17-10-11-17)23(30)22-24(27(35)36)33-29-31(22,39)19-7-6-8-21(32)25(19)34(5)41-29/h6-8,13,16-18,20,22-24,26,29,33,38-39H,1,9-12H2,2-5H3,(H,35,36)/t16-,18+,20+,22+,23+,24+,26?,29-,30-,31+/m1/s1. The maximum atomic E-state index is 13.2. The van der Waals surface area contributed by atoms with Crippen LogP contribution in [0.15, 0.2) is 42.0 Å². The second-order valence-electron chi connectivity index (χ2n) is 12.9. The van der Waals surface area contributed by atoms with Crippen molar-refractivity contribution in [3.05, 3.63) is 52.6 Å². The highest BCUT2D eigenvalue weighted by Crippen LogP contribution is 2.61. The maximum absolute atomic E-state index is 13.2. The van der Waals surface area contributed by atoms with E-state index in [0.717, 1.165) is 30.4 Å². The van der Waals surface area contributed by atoms with E-state index >= 15 is 0 Å². The number of nitrogens with zero attached hydrogens (tertiary/aromatic N) is 1. The van der Waals surface area contributed by atoms with Gasteiger partial charge in [-0.2, -0.15) is 0 Å². The topological polar surface area (TPSA) is 129 Å². The fourth-order valence-corrected chi connectivity index (χ4v) is 8.55. The van der Waals surface area contributed by atoms with Gasteiger partial charge in [0.2, 0.25) is 0 Å². The van der Waals surface area contributed by atoms with Crippen LogP contribution in [0.4, 0.5) is 5.69 Å². The van der Waals surface area contributed by atoms with Gasteiger partial charge in [0.25, 0.3) is 0 Å². The van der Waals surface area contributed by atoms with E-state index in [9.17, 15) is 24.9 Å². The molecule has 0 aromatic heterocycles. The third kappa shape index (κ3) is 4.11. The average Bonchev–Trinajstić information content (AvgIpc) is 3.71. The molecule has 9 nitrogen and oxygen atoms in total. The first-order valence-electron chi connectivity index (χ1n) is 14.5. The van der Waals surface area contributed by atoms with Crippen molar-refractivity contribution < 1.29 is 34.5 Å². The summed E-state index contributed by atoms with van der Waals surface area (Å²) in [5.74, 6) is -4.67. The van der Waals surface area contributed by atoms with Crippen molar-refractivity contribution in [2.45, 2.75) is 76.0 Å². The molecular formula is C31H39ClN2O7. The largest absolute Gasteiger partial charge is 0.480 e. The number of halogens is 1. The first-order chi connectivity index (χ1) is 19.3. The van der Waals surface area contributed by atoms with Gasteiger partial charge >= 0.3 is 11.9 Å². The van der Waals surface area contributed by atoms with Crippen molar-refractivity contribution in [2.75, 3.05) is 12.1 Å². The van der Waals surface area contributed by atoms with Crippen molar-refractivity contribution in [1.29, 1.82) is 0 Å². The van der Waals surface area contributed by atoms with Gasteiger partial charge < -0.3 is 20.1 Å². The number of allylic oxidation sites excluding steroid dienone is 1. The zero-order valence-corrected chi connectivity index (χ0v) is 24.6. The molecule has 1 unspecified atom stereocenters. The van der Waals surface area contributed by atoms with Gasteiger partial charge in [-0.25, -0.2) is 0 Å². The molecule has 10 atom stereocenters. The van der Waals surface area contributed by atoms with E-state index in [2.05, 4.69) is 11.9 Å². The molecule has 5 aliphatic rings. The van der Waals surface area contributed by atoms with Crippen molar-refractivity contribution >= 4 is 29.2 Å². The molecule has 3 aliphatic carbocycles. The number of esters is 1. The van der Waals surface area contributed by atoms with Crippen molar-refractivity contribution in [1.82, 2.24) is 5.32 Å². The van der Waals surface area contributed by atoms with Gasteiger partial charge in [-0.1, -0.05) is 48.9 Å². The predicted molar refractivity (Wildman–Crippen MR) is 152 cm³/mol. The Kier molecular flexibility index (Phi) is 6.86. The molecule has 1 aromatic carbocycles. The molecule has 41 heavy (non-hydrogen) atoms. The zero-order chi connectivity index (χ0) is 29.6. The van der Waals surface area contributed by atoms with Gasteiger partial charge in [-0.3, -0.25) is 24.8 Å². The predicted octanol–water partition coefficient (Wildman–Crippen LogP) is 3.78. The van der Waals surface area contributed by atoms with Gasteiger partial charge in [0.15, 0.2) is 6.23 Å². The number of carbonyl (C=O) groups excluding carboxylic acids is 1. The van der Waals surface area contributed by atoms with E-state index in [-0.39, 0.29) is 23.7 Å². The van der Waals surface area contributed by atoms with Crippen LogP contribution in [0.25, 0.3) is 0 Å². The number of para-hydroxylation sites is 1. The van der Waals surface area contributed by atoms with Crippen LogP contribution in [-0.4, -0.2) is 58.3 Å². The molecule has 4 N–H and O–H groups in total. The lowest BCUT2D eigenvalue weighted by atomic mass is 9.49. The highest BCUT2D eigenvalue weighted by Gasteiger charge is 2.71. The minimum absolute atomic E-state index is 0.0627. The lowest BCUT2D eigenvalue weighted by Crippen LogP contribution is -2.67. The Morgan fingerprint density at radius 3 is 2.54 bits per heavy atom. The number of carbonyl (C=O) groups is 2. The summed E-state index contributed by atoms with van der Waals surface area (Å²) in [4.78, 5) is 32.2. The first kappa shape index (κ1) is 28.7. The summed E-state index contributed by atoms with van der Waals surface area (Å²) in [6, 6.07) is 3.76. The van der Waals surface area contributed by atoms with Gasteiger partial charge in [-0.05, 0) is 63.0 Å². The molecule has 6 rings (SSSR count). The van der Waals surface area contributed by atoms with Crippen molar-refractivity contribution in [3.8, 4) is 0 Å². The highest BCUT2D eigenvalue weighted by molar-refractivity contribution is 6.33. The zero-order valence-electron chi connectivity index (χ0n) is 23.8. The Bertz CT molecular complexity index is 1330. The average molecular weight is 587 g/mol. The molecule has 2 saturated carbocycles. The number of anilines is 1. The molecule has 0 bridgehead atoms. The number of benzene rings is 1. The number of hydrogen-bond acceptors (Lipinski definition) is 8. The minimum Gasteiger partial charge on any atom is -0.480 e. The second-order valence-corrected chi connectivity index (χ2v) is 13.3. The molecule has 0 spiro atoms. The fourth-order valence-electron chi connectivity index (χ4n) is 8.26. The smallest absolute Gasteiger partial charge is 0.321 e. The summed E-state index contributed by atoms with van der Waals surface area (Å²) >= 11 is 6.59. The number of fused-ring (bicyclic) bond motifs is 4. The normalized spacial score (nSPS) is 41.5. The number of nitrogens with one attached hydrogen (secondary N) is 1. The summed E-state index contributed by atoms with van der Waals surface area (Å²) in [6.07, 6.45) is 2.84. The van der Waals surface area contributed by atoms with E-state index in [1.54, 1.807) is 25.2 Å². The van der Waals surface area contributed by atoms with Crippen LogP contribution in [0.5, 0.6) is 0 Å². The van der Waals surface area contributed by atoms with E-state index < -0.39 is 53.3 Å². The number of hydroxylamine groups is 1. The molecule has 0 radical (unpaired) electrons. The first-order valence-corrected chi connectivity index (χ1v) is 14.9. The number of ether oxygens (including phenoxy) is 1. The van der Waals surface area contributed by atoms with Gasteiger partial charge in [-0.15, -0.1) is 0 Å². The monoisotopic (exact) mass is 586 g/mol. The summed E-state index contributed by atoms with van der Waals surface area (Å²) < 4.78 is 6.20. The minimum atomic E-state index is -1.93. The Morgan fingerprint density at radius 2 is 1.90 bits per heavy atom. The van der Waals surface area contributed by atoms with E-state index in [1.165, 1.54) is 5.06 Å².